The van der Waals surface area contributed by atoms with Crippen molar-refractivity contribution in [2.45, 2.75) is 18.4 Å². The van der Waals surface area contributed by atoms with Gasteiger partial charge in [-0.1, -0.05) is 42.5 Å². The van der Waals surface area contributed by atoms with Crippen molar-refractivity contribution in [1.29, 1.82) is 0 Å². The largest absolute Gasteiger partial charge is 0.493 e. The van der Waals surface area contributed by atoms with Crippen molar-refractivity contribution in [3.63, 3.8) is 0 Å². The normalized spacial score (nSPS) is 21.2. The van der Waals surface area contributed by atoms with Crippen molar-refractivity contribution in [3.05, 3.63) is 94.0 Å². The van der Waals surface area contributed by atoms with Gasteiger partial charge in [0.2, 0.25) is 0 Å². The first-order valence-corrected chi connectivity index (χ1v) is 11.5. The highest BCUT2D eigenvalue weighted by Crippen LogP contribution is 2.49. The second-order valence-corrected chi connectivity index (χ2v) is 9.01. The number of fused-ring (bicyclic) bond motifs is 3. The van der Waals surface area contributed by atoms with Crippen molar-refractivity contribution in [2.24, 2.45) is 10.9 Å². The molecule has 0 radical (unpaired) electrons. The van der Waals surface area contributed by atoms with Crippen LogP contribution in [0.2, 0.25) is 0 Å². The summed E-state index contributed by atoms with van der Waals surface area (Å²) in [6, 6.07) is 21.4. The van der Waals surface area contributed by atoms with E-state index < -0.39 is 0 Å². The third-order valence-corrected chi connectivity index (χ3v) is 6.93. The summed E-state index contributed by atoms with van der Waals surface area (Å²) < 4.78 is 11.6. The average molecular weight is 489 g/mol. The number of allylic oxidation sites excluding steroid dienone is 2. The van der Waals surface area contributed by atoms with Crippen molar-refractivity contribution in [3.8, 4) is 11.5 Å². The molecule has 5 rings (SSSR count). The smallest absolute Gasteiger partial charge is 0.174 e. The van der Waals surface area contributed by atoms with E-state index in [4.69, 9.17) is 9.47 Å². The third kappa shape index (κ3) is 3.82. The van der Waals surface area contributed by atoms with Crippen LogP contribution < -0.4 is 14.8 Å². The van der Waals surface area contributed by atoms with Gasteiger partial charge in [0.05, 0.1) is 30.4 Å². The maximum Gasteiger partial charge on any atom is 0.174 e. The number of anilines is 1. The van der Waals surface area contributed by atoms with Crippen LogP contribution in [0.15, 0.2) is 82.3 Å². The third-order valence-electron chi connectivity index (χ3n) is 6.34. The molecule has 0 saturated heterocycles. The molecule has 3 atom stereocenters. The molecule has 3 aromatic carbocycles. The summed E-state index contributed by atoms with van der Waals surface area (Å²) in [7, 11) is 3.26. The molecule has 0 bridgehead atoms. The summed E-state index contributed by atoms with van der Waals surface area (Å²) in [4.78, 5) is 4.66. The van der Waals surface area contributed by atoms with Crippen molar-refractivity contribution >= 4 is 33.5 Å². The Kier molecular flexibility index (Phi) is 5.75. The highest BCUT2D eigenvalue weighted by Gasteiger charge is 2.37. The molecule has 1 N–H and O–H groups in total. The number of nitrogens with zero attached hydrogens (tertiary/aromatic N) is 1. The van der Waals surface area contributed by atoms with Crippen LogP contribution in [0.4, 0.5) is 11.4 Å². The number of aliphatic imine (C=N–C) groups is 1. The Hall–Kier alpha value is -3.05. The summed E-state index contributed by atoms with van der Waals surface area (Å²) in [5, 5.41) is 3.78. The van der Waals surface area contributed by atoms with E-state index >= 15 is 0 Å². The lowest BCUT2D eigenvalue weighted by Crippen LogP contribution is -2.28. The first kappa shape index (κ1) is 20.8. The molecule has 0 unspecified atom stereocenters. The quantitative estimate of drug-likeness (QED) is 0.309. The van der Waals surface area contributed by atoms with Crippen LogP contribution in [0.25, 0.3) is 0 Å². The van der Waals surface area contributed by atoms with E-state index in [0.717, 1.165) is 22.1 Å². The lowest BCUT2D eigenvalue weighted by Gasteiger charge is -2.37. The molecule has 0 aromatic heterocycles. The van der Waals surface area contributed by atoms with Gasteiger partial charge in [-0.25, -0.2) is 0 Å². The first-order valence-electron chi connectivity index (χ1n) is 10.8. The van der Waals surface area contributed by atoms with E-state index in [0.29, 0.717) is 29.4 Å². The van der Waals surface area contributed by atoms with Gasteiger partial charge < -0.3 is 14.8 Å². The summed E-state index contributed by atoms with van der Waals surface area (Å²) in [5.74, 6) is 2.37. The average Bonchev–Trinajstić information content (AvgIpc) is 3.32. The molecule has 4 nitrogen and oxygen atoms in total. The van der Waals surface area contributed by atoms with Gasteiger partial charge in [0.25, 0.3) is 0 Å². The van der Waals surface area contributed by atoms with E-state index in [2.05, 4.69) is 86.9 Å². The molecule has 32 heavy (non-hydrogen) atoms. The molecule has 3 aromatic rings. The Morgan fingerprint density at radius 3 is 2.62 bits per heavy atom. The minimum absolute atomic E-state index is 0.296. The number of halogens is 1. The predicted molar refractivity (Wildman–Crippen MR) is 134 cm³/mol. The maximum atomic E-state index is 5.42. The van der Waals surface area contributed by atoms with E-state index in [1.54, 1.807) is 14.2 Å². The molecule has 1 aliphatic heterocycles. The van der Waals surface area contributed by atoms with Crippen LogP contribution in [0.5, 0.6) is 11.5 Å². The van der Waals surface area contributed by atoms with E-state index in [1.165, 1.54) is 16.8 Å². The number of ether oxygens (including phenoxy) is 2. The Labute approximate surface area is 197 Å². The second-order valence-electron chi connectivity index (χ2n) is 8.15. The Bertz CT molecular complexity index is 1190. The number of para-hydroxylation sites is 1. The van der Waals surface area contributed by atoms with Crippen LogP contribution in [-0.2, 0) is 0 Å². The van der Waals surface area contributed by atoms with Gasteiger partial charge in [-0.2, -0.15) is 0 Å². The summed E-state index contributed by atoms with van der Waals surface area (Å²) in [6.07, 6.45) is 7.64. The molecule has 0 amide bonds. The van der Waals surface area contributed by atoms with E-state index in [9.17, 15) is 0 Å². The number of methoxy groups -OCH3 is 2. The molecule has 5 heteroatoms. The zero-order chi connectivity index (χ0) is 22.1. The van der Waals surface area contributed by atoms with Crippen LogP contribution >= 0.6 is 15.9 Å². The van der Waals surface area contributed by atoms with E-state index in [-0.39, 0.29) is 0 Å². The molecular weight excluding hydrogens is 464 g/mol. The Balaban J connectivity index is 1.37. The minimum atomic E-state index is 0.296. The van der Waals surface area contributed by atoms with Crippen LogP contribution in [0.3, 0.4) is 0 Å². The number of rotatable bonds is 5. The van der Waals surface area contributed by atoms with Crippen LogP contribution in [0, 0.1) is 5.92 Å². The lowest BCUT2D eigenvalue weighted by molar-refractivity contribution is 0.353. The molecule has 0 spiro atoms. The van der Waals surface area contributed by atoms with Gasteiger partial charge in [-0.15, -0.1) is 0 Å². The van der Waals surface area contributed by atoms with Gasteiger partial charge in [-0.05, 0) is 75.3 Å². The summed E-state index contributed by atoms with van der Waals surface area (Å²) in [5.41, 5.74) is 5.79. The summed E-state index contributed by atoms with van der Waals surface area (Å²) in [6.45, 7) is 0. The molecule has 0 fully saturated rings. The molecule has 2 aliphatic rings. The van der Waals surface area contributed by atoms with Gasteiger partial charge in [-0.3, -0.25) is 4.99 Å². The zero-order valence-corrected chi connectivity index (χ0v) is 19.7. The lowest BCUT2D eigenvalue weighted by atomic mass is 9.77. The SMILES string of the molecule is COc1cc(C=Nc2ccc([C@@H]3Nc4ccccc4[C@H]4C=CC[C@@H]43)cc2)cc(Br)c1OC. The number of hydrogen-bond donors (Lipinski definition) is 1. The van der Waals surface area contributed by atoms with Crippen molar-refractivity contribution in [2.75, 3.05) is 19.5 Å². The number of hydrogen-bond acceptors (Lipinski definition) is 4. The maximum absolute atomic E-state index is 5.42. The monoisotopic (exact) mass is 488 g/mol. The second kappa shape index (κ2) is 8.83. The van der Waals surface area contributed by atoms with Gasteiger partial charge in [0.15, 0.2) is 11.5 Å². The fourth-order valence-corrected chi connectivity index (χ4v) is 5.42. The predicted octanol–water partition coefficient (Wildman–Crippen LogP) is 7.04. The van der Waals surface area contributed by atoms with Crippen LogP contribution in [0.1, 0.15) is 35.1 Å². The molecule has 0 saturated carbocycles. The van der Waals surface area contributed by atoms with E-state index in [1.807, 2.05) is 18.3 Å². The van der Waals surface area contributed by atoms with Gasteiger partial charge in [0.1, 0.15) is 0 Å². The summed E-state index contributed by atoms with van der Waals surface area (Å²) >= 11 is 3.53. The van der Waals surface area contributed by atoms with Gasteiger partial charge in [0, 0.05) is 17.8 Å². The fraction of sp³-hybridized carbons (Fsp3) is 0.222. The Morgan fingerprint density at radius 2 is 1.84 bits per heavy atom. The highest BCUT2D eigenvalue weighted by molar-refractivity contribution is 9.10. The van der Waals surface area contributed by atoms with Crippen molar-refractivity contribution < 1.29 is 9.47 Å². The van der Waals surface area contributed by atoms with Crippen LogP contribution in [-0.4, -0.2) is 20.4 Å². The number of nitrogens with one attached hydrogen (secondary N) is 1. The Morgan fingerprint density at radius 1 is 1.03 bits per heavy atom. The highest BCUT2D eigenvalue weighted by atomic mass is 79.9. The topological polar surface area (TPSA) is 42.8 Å². The molecule has 1 aliphatic carbocycles. The van der Waals surface area contributed by atoms with Gasteiger partial charge >= 0.3 is 0 Å². The molecular formula is C27H25BrN2O2. The zero-order valence-electron chi connectivity index (χ0n) is 18.1. The van der Waals surface area contributed by atoms with Crippen molar-refractivity contribution in [1.82, 2.24) is 0 Å². The fourth-order valence-electron chi connectivity index (χ4n) is 4.80. The molecule has 1 heterocycles. The number of benzene rings is 3. The minimum Gasteiger partial charge on any atom is -0.493 e. The standard InChI is InChI=1S/C27H25BrN2O2/c1-31-25-15-17(14-23(28)27(25)32-2)16-29-19-12-10-18(11-13-19)26-22-8-5-7-20(22)21-6-3-4-9-24(21)30-26/h3-7,9-16,20,22,26,30H,8H2,1-2H3/t20-,22+,26+/m1/s1. The first-order chi connectivity index (χ1) is 15.7. The molecule has 162 valence electrons.